The van der Waals surface area contributed by atoms with Gasteiger partial charge in [-0.2, -0.15) is 0 Å². The van der Waals surface area contributed by atoms with Crippen LogP contribution in [0.5, 0.6) is 0 Å². The van der Waals surface area contributed by atoms with Crippen LogP contribution in [0.25, 0.3) is 0 Å². The predicted molar refractivity (Wildman–Crippen MR) is 52.2 cm³/mol. The zero-order valence-electron chi connectivity index (χ0n) is 8.10. The average molecular weight is 166 g/mol. The minimum Gasteiger partial charge on any atom is -0.385 e. The highest BCUT2D eigenvalue weighted by molar-refractivity contribution is 5.22. The monoisotopic (exact) mass is 166 g/mol. The van der Waals surface area contributed by atoms with Crippen molar-refractivity contribution in [3.63, 3.8) is 0 Å². The number of ether oxygens (including phenoxy) is 1. The summed E-state index contributed by atoms with van der Waals surface area (Å²) in [4.78, 5) is 0. The van der Waals surface area contributed by atoms with Crippen LogP contribution in [0.4, 0.5) is 0 Å². The van der Waals surface area contributed by atoms with E-state index >= 15 is 0 Å². The zero-order chi connectivity index (χ0) is 8.81. The van der Waals surface area contributed by atoms with Gasteiger partial charge in [-0.3, -0.25) is 0 Å². The van der Waals surface area contributed by atoms with Gasteiger partial charge in [0.05, 0.1) is 0 Å². The van der Waals surface area contributed by atoms with Gasteiger partial charge in [0.2, 0.25) is 0 Å². The van der Waals surface area contributed by atoms with Gasteiger partial charge < -0.3 is 4.74 Å². The maximum atomic E-state index is 5.01. The van der Waals surface area contributed by atoms with Crippen LogP contribution in [-0.2, 0) is 4.74 Å². The topological polar surface area (TPSA) is 9.23 Å². The Balaban J connectivity index is 2.24. The molecule has 12 heavy (non-hydrogen) atoms. The van der Waals surface area contributed by atoms with E-state index in [2.05, 4.69) is 19.1 Å². The molecule has 0 aromatic carbocycles. The molecule has 0 atom stereocenters. The zero-order valence-corrected chi connectivity index (χ0v) is 8.10. The first-order chi connectivity index (χ1) is 5.83. The Morgan fingerprint density at radius 1 is 1.33 bits per heavy atom. The van der Waals surface area contributed by atoms with Crippen LogP contribution in [0.3, 0.4) is 0 Å². The smallest absolute Gasteiger partial charge is 0.0465 e. The van der Waals surface area contributed by atoms with E-state index in [-0.39, 0.29) is 0 Å². The third-order valence-corrected chi connectivity index (χ3v) is 2.29. The van der Waals surface area contributed by atoms with E-state index in [9.17, 15) is 0 Å². The molecule has 1 nitrogen and oxygen atoms in total. The van der Waals surface area contributed by atoms with Crippen LogP contribution in [-0.4, -0.2) is 13.7 Å². The van der Waals surface area contributed by atoms with Gasteiger partial charge in [0.15, 0.2) is 0 Å². The molecule has 0 aromatic rings. The van der Waals surface area contributed by atoms with Crippen molar-refractivity contribution < 1.29 is 4.74 Å². The highest BCUT2D eigenvalue weighted by Crippen LogP contribution is 2.20. The molecule has 0 radical (unpaired) electrons. The molecule has 0 heterocycles. The molecular weight excluding hydrogens is 148 g/mol. The molecule has 0 amide bonds. The fraction of sp³-hybridized carbons (Fsp3) is 0.636. The van der Waals surface area contributed by atoms with Crippen molar-refractivity contribution in [2.75, 3.05) is 13.7 Å². The lowest BCUT2D eigenvalue weighted by atomic mass is 9.96. The summed E-state index contributed by atoms with van der Waals surface area (Å²) in [6.07, 6.45) is 9.39. The standard InChI is InChI=1S/C11H18O/c1-10-5-7-11(8-6-10)4-3-9-12-2/h5,7H,3-4,6,8-9H2,1-2H3. The van der Waals surface area contributed by atoms with Crippen molar-refractivity contribution in [1.82, 2.24) is 0 Å². The van der Waals surface area contributed by atoms with Gasteiger partial charge in [-0.15, -0.1) is 0 Å². The van der Waals surface area contributed by atoms with Crippen molar-refractivity contribution in [3.05, 3.63) is 23.3 Å². The molecule has 0 spiro atoms. The van der Waals surface area contributed by atoms with Crippen molar-refractivity contribution in [1.29, 1.82) is 0 Å². The Kier molecular flexibility index (Phi) is 4.09. The van der Waals surface area contributed by atoms with Gasteiger partial charge in [0.1, 0.15) is 0 Å². The third-order valence-electron chi connectivity index (χ3n) is 2.29. The minimum atomic E-state index is 0.889. The van der Waals surface area contributed by atoms with Crippen LogP contribution in [0.2, 0.25) is 0 Å². The lowest BCUT2D eigenvalue weighted by Gasteiger charge is -2.11. The van der Waals surface area contributed by atoms with Crippen molar-refractivity contribution in [2.24, 2.45) is 0 Å². The fourth-order valence-electron chi connectivity index (χ4n) is 1.44. The van der Waals surface area contributed by atoms with Crippen LogP contribution in [0.1, 0.15) is 32.6 Å². The highest BCUT2D eigenvalue weighted by Gasteiger charge is 2.02. The second-order valence-corrected chi connectivity index (χ2v) is 3.43. The van der Waals surface area contributed by atoms with E-state index < -0.39 is 0 Å². The summed E-state index contributed by atoms with van der Waals surface area (Å²) in [6.45, 7) is 3.09. The van der Waals surface area contributed by atoms with Crippen LogP contribution < -0.4 is 0 Å². The third kappa shape index (κ3) is 3.22. The van der Waals surface area contributed by atoms with Crippen LogP contribution in [0, 0.1) is 0 Å². The molecule has 1 aliphatic carbocycles. The molecule has 0 saturated carbocycles. The molecule has 1 heteroatoms. The number of allylic oxidation sites excluding steroid dienone is 4. The van der Waals surface area contributed by atoms with Gasteiger partial charge in [-0.05, 0) is 32.6 Å². The Labute approximate surface area is 75.1 Å². The average Bonchev–Trinajstić information content (AvgIpc) is 2.09. The number of hydrogen-bond acceptors (Lipinski definition) is 1. The first-order valence-electron chi connectivity index (χ1n) is 4.67. The van der Waals surface area contributed by atoms with E-state index in [1.165, 1.54) is 24.8 Å². The largest absolute Gasteiger partial charge is 0.385 e. The summed E-state index contributed by atoms with van der Waals surface area (Å²) in [6, 6.07) is 0. The van der Waals surface area contributed by atoms with Gasteiger partial charge in [-0.25, -0.2) is 0 Å². The molecule has 1 rings (SSSR count). The van der Waals surface area contributed by atoms with E-state index in [1.54, 1.807) is 12.7 Å². The van der Waals surface area contributed by atoms with Gasteiger partial charge in [0, 0.05) is 13.7 Å². The van der Waals surface area contributed by atoms with Crippen LogP contribution in [0.15, 0.2) is 23.3 Å². The summed E-state index contributed by atoms with van der Waals surface area (Å²) >= 11 is 0. The van der Waals surface area contributed by atoms with E-state index in [0.717, 1.165) is 13.0 Å². The summed E-state index contributed by atoms with van der Waals surface area (Å²) in [7, 11) is 1.76. The number of hydrogen-bond donors (Lipinski definition) is 0. The van der Waals surface area contributed by atoms with E-state index in [4.69, 9.17) is 4.74 Å². The number of rotatable bonds is 4. The van der Waals surface area contributed by atoms with Gasteiger partial charge in [0.25, 0.3) is 0 Å². The molecule has 0 bridgehead atoms. The molecule has 0 unspecified atom stereocenters. The van der Waals surface area contributed by atoms with Crippen LogP contribution >= 0.6 is 0 Å². The summed E-state index contributed by atoms with van der Waals surface area (Å²) < 4.78 is 5.01. The Morgan fingerprint density at radius 2 is 2.17 bits per heavy atom. The second kappa shape index (κ2) is 5.15. The van der Waals surface area contributed by atoms with Gasteiger partial charge in [-0.1, -0.05) is 23.3 Å². The number of methoxy groups -OCH3 is 1. The first-order valence-corrected chi connectivity index (χ1v) is 4.67. The molecule has 68 valence electrons. The molecule has 1 aliphatic rings. The Morgan fingerprint density at radius 3 is 2.75 bits per heavy atom. The normalized spacial score (nSPS) is 17.2. The Bertz CT molecular complexity index is 189. The van der Waals surface area contributed by atoms with Crippen molar-refractivity contribution in [2.45, 2.75) is 32.6 Å². The molecule has 0 aromatic heterocycles. The summed E-state index contributed by atoms with van der Waals surface area (Å²) in [5.74, 6) is 0. The highest BCUT2D eigenvalue weighted by atomic mass is 16.5. The lowest BCUT2D eigenvalue weighted by Crippen LogP contribution is -1.94. The lowest BCUT2D eigenvalue weighted by molar-refractivity contribution is 0.195. The van der Waals surface area contributed by atoms with E-state index in [1.807, 2.05) is 0 Å². The maximum absolute atomic E-state index is 5.01. The maximum Gasteiger partial charge on any atom is 0.0465 e. The SMILES string of the molecule is COCCCC1=CC=C(C)CC1. The molecule has 0 saturated heterocycles. The first kappa shape index (κ1) is 9.53. The summed E-state index contributed by atoms with van der Waals surface area (Å²) in [5, 5.41) is 0. The molecular formula is C11H18O. The Hall–Kier alpha value is -0.560. The quantitative estimate of drug-likeness (QED) is 0.583. The summed E-state index contributed by atoms with van der Waals surface area (Å²) in [5.41, 5.74) is 3.09. The molecule has 0 aliphatic heterocycles. The molecule has 0 fully saturated rings. The second-order valence-electron chi connectivity index (χ2n) is 3.43. The van der Waals surface area contributed by atoms with Gasteiger partial charge >= 0.3 is 0 Å². The van der Waals surface area contributed by atoms with Crippen molar-refractivity contribution in [3.8, 4) is 0 Å². The molecule has 0 N–H and O–H groups in total. The van der Waals surface area contributed by atoms with Crippen molar-refractivity contribution >= 4 is 0 Å². The minimum absolute atomic E-state index is 0.889. The van der Waals surface area contributed by atoms with E-state index in [0.29, 0.717) is 0 Å². The predicted octanol–water partition coefficient (Wildman–Crippen LogP) is 3.08. The fourth-order valence-corrected chi connectivity index (χ4v) is 1.44.